The Hall–Kier alpha value is -1.94. The number of hydrogen-bond donors (Lipinski definition) is 3. The zero-order chi connectivity index (χ0) is 68.2. The van der Waals surface area contributed by atoms with Gasteiger partial charge in [-0.1, -0.05) is 312 Å². The van der Waals surface area contributed by atoms with Crippen molar-refractivity contribution in [1.29, 1.82) is 0 Å². The fourth-order valence-corrected chi connectivity index (χ4v) is 12.6. The Morgan fingerprint density at radius 2 is 0.522 bits per heavy atom. The number of carbonyl (C=O) groups excluding carboxylic acids is 4. The van der Waals surface area contributed by atoms with Gasteiger partial charge in [0, 0.05) is 25.7 Å². The highest BCUT2D eigenvalue weighted by atomic mass is 31.2. The van der Waals surface area contributed by atoms with Crippen LogP contribution in [0, 0.1) is 23.7 Å². The molecule has 0 rings (SSSR count). The lowest BCUT2D eigenvalue weighted by Crippen LogP contribution is -2.30. The molecule has 0 aliphatic carbocycles. The molecule has 0 saturated carbocycles. The van der Waals surface area contributed by atoms with Gasteiger partial charge in [0.2, 0.25) is 0 Å². The van der Waals surface area contributed by atoms with Crippen LogP contribution in [-0.2, 0) is 65.4 Å². The molecule has 0 saturated heterocycles. The number of phosphoric acid groups is 2. The van der Waals surface area contributed by atoms with E-state index in [1.54, 1.807) is 0 Å². The highest BCUT2D eigenvalue weighted by Gasteiger charge is 2.30. The van der Waals surface area contributed by atoms with Crippen molar-refractivity contribution in [2.24, 2.45) is 23.7 Å². The lowest BCUT2D eigenvalue weighted by molar-refractivity contribution is -0.161. The number of phosphoric ester groups is 2. The van der Waals surface area contributed by atoms with Crippen molar-refractivity contribution in [3.63, 3.8) is 0 Å². The summed E-state index contributed by atoms with van der Waals surface area (Å²) in [4.78, 5) is 72.6. The van der Waals surface area contributed by atoms with Crippen molar-refractivity contribution in [3.8, 4) is 0 Å². The zero-order valence-corrected chi connectivity index (χ0v) is 62.0. The first-order valence-electron chi connectivity index (χ1n) is 37.7. The Bertz CT molecular complexity index is 1820. The van der Waals surface area contributed by atoms with Crippen LogP contribution in [0.1, 0.15) is 364 Å². The molecule has 0 aliphatic rings. The van der Waals surface area contributed by atoms with Crippen molar-refractivity contribution in [3.05, 3.63) is 0 Å². The molecule has 19 heteroatoms. The molecule has 0 fully saturated rings. The molecule has 0 spiro atoms. The molecule has 3 unspecified atom stereocenters. The number of hydrogen-bond acceptors (Lipinski definition) is 15. The van der Waals surface area contributed by atoms with E-state index in [1.807, 2.05) is 0 Å². The third kappa shape index (κ3) is 65.4. The largest absolute Gasteiger partial charge is 0.472 e. The predicted molar refractivity (Wildman–Crippen MR) is 372 cm³/mol. The minimum absolute atomic E-state index is 0.102. The molecule has 0 heterocycles. The van der Waals surface area contributed by atoms with Gasteiger partial charge in [-0.15, -0.1) is 0 Å². The van der Waals surface area contributed by atoms with Crippen LogP contribution >= 0.6 is 15.6 Å². The molecule has 92 heavy (non-hydrogen) atoms. The summed E-state index contributed by atoms with van der Waals surface area (Å²) >= 11 is 0. The Kier molecular flexibility index (Phi) is 61.3. The van der Waals surface area contributed by atoms with Gasteiger partial charge in [0.05, 0.1) is 26.4 Å². The molecule has 0 amide bonds. The van der Waals surface area contributed by atoms with Crippen LogP contribution in [0.2, 0.25) is 0 Å². The molecule has 546 valence electrons. The maximum atomic E-state index is 13.0. The summed E-state index contributed by atoms with van der Waals surface area (Å²) in [5.74, 6) is 0.837. The summed E-state index contributed by atoms with van der Waals surface area (Å²) in [7, 11) is -9.90. The Morgan fingerprint density at radius 3 is 0.772 bits per heavy atom. The van der Waals surface area contributed by atoms with E-state index in [9.17, 15) is 43.2 Å². The molecule has 0 bridgehead atoms. The summed E-state index contributed by atoms with van der Waals surface area (Å²) in [6.07, 6.45) is 46.2. The van der Waals surface area contributed by atoms with Crippen molar-refractivity contribution in [2.75, 3.05) is 39.6 Å². The molecule has 0 aromatic rings. The second-order valence-corrected chi connectivity index (χ2v) is 30.9. The first-order chi connectivity index (χ1) is 44.1. The average Bonchev–Trinajstić information content (AvgIpc) is 2.24. The van der Waals surface area contributed by atoms with E-state index in [2.05, 4.69) is 55.4 Å². The van der Waals surface area contributed by atoms with Gasteiger partial charge >= 0.3 is 39.5 Å². The van der Waals surface area contributed by atoms with Crippen LogP contribution in [0.5, 0.6) is 0 Å². The van der Waals surface area contributed by atoms with E-state index >= 15 is 0 Å². The molecule has 3 N–H and O–H groups in total. The number of unbranched alkanes of at least 4 members (excludes halogenated alkanes) is 35. The fourth-order valence-electron chi connectivity index (χ4n) is 11.0. The molecular weight excluding hydrogens is 1210 g/mol. The summed E-state index contributed by atoms with van der Waals surface area (Å²) in [6, 6.07) is 0. The van der Waals surface area contributed by atoms with Crippen LogP contribution in [0.3, 0.4) is 0 Å². The van der Waals surface area contributed by atoms with Crippen molar-refractivity contribution >= 4 is 39.5 Å². The minimum Gasteiger partial charge on any atom is -0.462 e. The normalized spacial score (nSPS) is 14.5. The van der Waals surface area contributed by atoms with E-state index in [1.165, 1.54) is 161 Å². The smallest absolute Gasteiger partial charge is 0.462 e. The van der Waals surface area contributed by atoms with E-state index in [0.29, 0.717) is 31.6 Å². The monoisotopic (exact) mass is 1350 g/mol. The second kappa shape index (κ2) is 62.6. The van der Waals surface area contributed by atoms with E-state index < -0.39 is 97.5 Å². The summed E-state index contributed by atoms with van der Waals surface area (Å²) in [5.41, 5.74) is 0. The molecule has 0 aliphatic heterocycles. The fraction of sp³-hybridized carbons (Fsp3) is 0.945. The molecule has 0 aromatic heterocycles. The van der Waals surface area contributed by atoms with E-state index in [-0.39, 0.29) is 25.7 Å². The van der Waals surface area contributed by atoms with Crippen molar-refractivity contribution < 1.29 is 80.2 Å². The zero-order valence-electron chi connectivity index (χ0n) is 60.2. The van der Waals surface area contributed by atoms with Crippen LogP contribution in [0.4, 0.5) is 0 Å². The quantitative estimate of drug-likeness (QED) is 0.0222. The number of carbonyl (C=O) groups is 4. The maximum Gasteiger partial charge on any atom is 0.472 e. The lowest BCUT2D eigenvalue weighted by atomic mass is 10.00. The predicted octanol–water partition coefficient (Wildman–Crippen LogP) is 20.9. The maximum absolute atomic E-state index is 13.0. The van der Waals surface area contributed by atoms with Gasteiger partial charge in [0.25, 0.3) is 0 Å². The first-order valence-corrected chi connectivity index (χ1v) is 40.7. The van der Waals surface area contributed by atoms with Gasteiger partial charge in [0.1, 0.15) is 19.3 Å². The van der Waals surface area contributed by atoms with Crippen LogP contribution in [-0.4, -0.2) is 96.7 Å². The average molecular weight is 1350 g/mol. The van der Waals surface area contributed by atoms with Crippen molar-refractivity contribution in [1.82, 2.24) is 0 Å². The van der Waals surface area contributed by atoms with Gasteiger partial charge < -0.3 is 33.8 Å². The Morgan fingerprint density at radius 1 is 0.304 bits per heavy atom. The molecule has 17 nitrogen and oxygen atoms in total. The third-order valence-electron chi connectivity index (χ3n) is 17.2. The SMILES string of the molecule is CCC(C)CCCCCCCCC(=O)OC[C@H](COP(=O)(O)OC[C@H](O)COP(=O)(O)OC[C@@H](COC(=O)CCCCCCCCCCCCCCCCCCCCC(C)C)OC(=O)CCCCCCCCCCC(C)C)OC(=O)CCCCCCCCCC(C)C. The number of esters is 4. The van der Waals surface area contributed by atoms with Crippen LogP contribution in [0.15, 0.2) is 0 Å². The number of aliphatic hydroxyl groups is 1. The summed E-state index contributed by atoms with van der Waals surface area (Å²) in [6.45, 7) is 14.1. The topological polar surface area (TPSA) is 237 Å². The number of ether oxygens (including phenoxy) is 4. The van der Waals surface area contributed by atoms with E-state index in [0.717, 1.165) is 114 Å². The molecule has 6 atom stereocenters. The minimum atomic E-state index is -4.95. The van der Waals surface area contributed by atoms with Gasteiger partial charge in [-0.05, 0) is 49.4 Å². The molecule has 0 aromatic carbocycles. The van der Waals surface area contributed by atoms with Crippen LogP contribution in [0.25, 0.3) is 0 Å². The van der Waals surface area contributed by atoms with E-state index in [4.69, 9.17) is 37.0 Å². The van der Waals surface area contributed by atoms with Gasteiger partial charge in [-0.25, -0.2) is 9.13 Å². The molecule has 0 radical (unpaired) electrons. The molecular formula is C73H142O17P2. The number of aliphatic hydroxyl groups excluding tert-OH is 1. The standard InChI is InChI=1S/C73H142O17P2/c1-9-66(8)52-44-36-31-32-38-46-54-71(76)84-60-69(90-73(78)56-48-40-30-24-27-35-43-51-65(6)7)62-88-92(81,82)86-58-67(74)57-85-91(79,80)87-61-68(89-72(77)55-47-39-29-23-22-26-34-42-50-64(4)5)59-83-70(75)53-45-37-28-21-19-17-15-13-11-10-12-14-16-18-20-25-33-41-49-63(2)3/h63-69,74H,9-62H2,1-8H3,(H,79,80)(H,81,82)/t66?,67-,68-,69-/m1/s1. The second-order valence-electron chi connectivity index (χ2n) is 28.0. The lowest BCUT2D eigenvalue weighted by Gasteiger charge is -2.21. The third-order valence-corrected chi connectivity index (χ3v) is 19.1. The van der Waals surface area contributed by atoms with Gasteiger partial charge in [-0.2, -0.15) is 0 Å². The Balaban J connectivity index is 5.14. The Labute approximate surface area is 562 Å². The van der Waals surface area contributed by atoms with Gasteiger partial charge in [0.15, 0.2) is 12.2 Å². The highest BCUT2D eigenvalue weighted by Crippen LogP contribution is 2.45. The highest BCUT2D eigenvalue weighted by molar-refractivity contribution is 7.47. The summed E-state index contributed by atoms with van der Waals surface area (Å²) in [5, 5.41) is 10.6. The number of rotatable bonds is 70. The van der Waals surface area contributed by atoms with Crippen LogP contribution < -0.4 is 0 Å². The summed E-state index contributed by atoms with van der Waals surface area (Å²) < 4.78 is 68.3. The van der Waals surface area contributed by atoms with Crippen molar-refractivity contribution in [2.45, 2.75) is 382 Å². The van der Waals surface area contributed by atoms with Gasteiger partial charge in [-0.3, -0.25) is 37.3 Å². The first kappa shape index (κ1) is 90.1.